The summed E-state index contributed by atoms with van der Waals surface area (Å²) in [6, 6.07) is 6.10. The highest BCUT2D eigenvalue weighted by Gasteiger charge is 2.29. The molecule has 2 fully saturated rings. The van der Waals surface area contributed by atoms with Crippen LogP contribution >= 0.6 is 0 Å². The third kappa shape index (κ3) is 3.95. The van der Waals surface area contributed by atoms with Crippen LogP contribution in [0.3, 0.4) is 0 Å². The number of piperazine rings is 1. The fourth-order valence-electron chi connectivity index (χ4n) is 4.31. The van der Waals surface area contributed by atoms with Crippen molar-refractivity contribution in [3.63, 3.8) is 0 Å². The van der Waals surface area contributed by atoms with Gasteiger partial charge in [0.05, 0.1) is 24.1 Å². The van der Waals surface area contributed by atoms with Crippen LogP contribution in [0.2, 0.25) is 0 Å². The smallest absolute Gasteiger partial charge is 0.166 e. The maximum absolute atomic E-state index is 9.34. The van der Waals surface area contributed by atoms with Crippen LogP contribution in [0.25, 0.3) is 10.9 Å². The first-order chi connectivity index (χ1) is 13.7. The monoisotopic (exact) mass is 380 g/mol. The van der Waals surface area contributed by atoms with Crippen molar-refractivity contribution >= 4 is 16.6 Å². The van der Waals surface area contributed by atoms with Gasteiger partial charge in [0, 0.05) is 57.4 Å². The van der Waals surface area contributed by atoms with Crippen LogP contribution in [-0.2, 0) is 4.74 Å². The van der Waals surface area contributed by atoms with E-state index in [0.717, 1.165) is 63.4 Å². The van der Waals surface area contributed by atoms with Crippen LogP contribution in [0.1, 0.15) is 19.5 Å². The zero-order valence-corrected chi connectivity index (χ0v) is 16.7. The number of nitrogens with zero attached hydrogens (tertiary/aromatic N) is 6. The first-order valence-corrected chi connectivity index (χ1v) is 10.2. The number of pyridine rings is 2. The number of nitriles is 1. The average Bonchev–Trinajstić information content (AvgIpc) is 2.73. The topological polar surface area (TPSA) is 68.5 Å². The Morgan fingerprint density at radius 2 is 1.96 bits per heavy atom. The number of likely N-dealkylation sites (N-methyl/N-ethyl adjacent to an activating group) is 1. The van der Waals surface area contributed by atoms with Gasteiger partial charge in [-0.05, 0) is 25.6 Å². The highest BCUT2D eigenvalue weighted by atomic mass is 16.5. The Morgan fingerprint density at radius 3 is 2.71 bits per heavy atom. The molecule has 0 saturated carbocycles. The molecule has 2 aromatic heterocycles. The molecule has 2 saturated heterocycles. The average molecular weight is 380 g/mol. The van der Waals surface area contributed by atoms with Crippen molar-refractivity contribution in [3.05, 3.63) is 30.2 Å². The quantitative estimate of drug-likeness (QED) is 0.800. The normalized spacial score (nSPS) is 24.4. The molecule has 2 aliphatic heterocycles. The predicted molar refractivity (Wildman–Crippen MR) is 109 cm³/mol. The van der Waals surface area contributed by atoms with Crippen LogP contribution in [-0.4, -0.2) is 84.3 Å². The standard InChI is InChI=1S/C21H28N6O/c1-3-25-7-9-26(10-8-25)14-17-15-27(13-16(2)28-17)20-12-24-19(11-22)21-18(20)5-4-6-23-21/h4-6,12,16-17H,3,7-10,13-15H2,1-2H3/t16?,17-/m0/s1. The van der Waals surface area contributed by atoms with Gasteiger partial charge in [-0.15, -0.1) is 0 Å². The Labute approximate surface area is 166 Å². The van der Waals surface area contributed by atoms with Gasteiger partial charge < -0.3 is 14.5 Å². The Hall–Kier alpha value is -2.27. The van der Waals surface area contributed by atoms with Gasteiger partial charge >= 0.3 is 0 Å². The number of ether oxygens (including phenoxy) is 1. The fourth-order valence-corrected chi connectivity index (χ4v) is 4.31. The van der Waals surface area contributed by atoms with E-state index in [4.69, 9.17) is 4.74 Å². The third-order valence-electron chi connectivity index (χ3n) is 5.77. The zero-order valence-electron chi connectivity index (χ0n) is 16.7. The first-order valence-electron chi connectivity index (χ1n) is 10.2. The van der Waals surface area contributed by atoms with Crippen molar-refractivity contribution < 1.29 is 4.74 Å². The minimum atomic E-state index is 0.151. The zero-order chi connectivity index (χ0) is 19.5. The van der Waals surface area contributed by atoms with Gasteiger partial charge in [-0.25, -0.2) is 4.98 Å². The Morgan fingerprint density at radius 1 is 1.18 bits per heavy atom. The molecular formula is C21H28N6O. The Kier molecular flexibility index (Phi) is 5.72. The summed E-state index contributed by atoms with van der Waals surface area (Å²) < 4.78 is 6.27. The molecule has 0 bridgehead atoms. The molecule has 1 unspecified atom stereocenters. The molecule has 148 valence electrons. The molecule has 4 heterocycles. The molecule has 28 heavy (non-hydrogen) atoms. The molecule has 7 nitrogen and oxygen atoms in total. The molecule has 7 heteroatoms. The molecule has 2 atom stereocenters. The van der Waals surface area contributed by atoms with E-state index in [9.17, 15) is 5.26 Å². The van der Waals surface area contributed by atoms with Crippen molar-refractivity contribution in [2.45, 2.75) is 26.1 Å². The molecule has 0 aliphatic carbocycles. The van der Waals surface area contributed by atoms with Crippen molar-refractivity contribution in [1.29, 1.82) is 5.26 Å². The summed E-state index contributed by atoms with van der Waals surface area (Å²) in [6.07, 6.45) is 3.85. The lowest BCUT2D eigenvalue weighted by molar-refractivity contribution is -0.0376. The second-order valence-electron chi connectivity index (χ2n) is 7.71. The summed E-state index contributed by atoms with van der Waals surface area (Å²) in [6.45, 7) is 12.6. The van der Waals surface area contributed by atoms with Crippen LogP contribution in [0.15, 0.2) is 24.5 Å². The van der Waals surface area contributed by atoms with Gasteiger partial charge in [0.2, 0.25) is 0 Å². The molecule has 0 aromatic carbocycles. The number of anilines is 1. The molecule has 4 rings (SSSR count). The molecule has 0 spiro atoms. The van der Waals surface area contributed by atoms with E-state index < -0.39 is 0 Å². The van der Waals surface area contributed by atoms with Gasteiger partial charge in [0.1, 0.15) is 11.6 Å². The molecule has 0 N–H and O–H groups in total. The minimum absolute atomic E-state index is 0.151. The van der Waals surface area contributed by atoms with Crippen molar-refractivity contribution in [2.75, 3.05) is 57.3 Å². The summed E-state index contributed by atoms with van der Waals surface area (Å²) in [5.74, 6) is 0. The minimum Gasteiger partial charge on any atom is -0.370 e. The first kappa shape index (κ1) is 19.1. The van der Waals surface area contributed by atoms with E-state index in [1.807, 2.05) is 18.3 Å². The maximum Gasteiger partial charge on any atom is 0.166 e. The predicted octanol–water partition coefficient (Wildman–Crippen LogP) is 1.73. The number of morpholine rings is 1. The second-order valence-corrected chi connectivity index (χ2v) is 7.71. The van der Waals surface area contributed by atoms with Gasteiger partial charge in [0.25, 0.3) is 0 Å². The van der Waals surface area contributed by atoms with E-state index in [2.05, 4.69) is 44.6 Å². The number of fused-ring (bicyclic) bond motifs is 1. The lowest BCUT2D eigenvalue weighted by Gasteiger charge is -2.42. The van der Waals surface area contributed by atoms with Gasteiger partial charge in [-0.3, -0.25) is 9.88 Å². The summed E-state index contributed by atoms with van der Waals surface area (Å²) in [5, 5.41) is 10.3. The lowest BCUT2D eigenvalue weighted by Crippen LogP contribution is -2.54. The highest BCUT2D eigenvalue weighted by Crippen LogP contribution is 2.29. The van der Waals surface area contributed by atoms with Crippen LogP contribution < -0.4 is 4.90 Å². The van der Waals surface area contributed by atoms with E-state index in [1.54, 1.807) is 6.20 Å². The molecule has 0 radical (unpaired) electrons. The van der Waals surface area contributed by atoms with Gasteiger partial charge in [-0.1, -0.05) is 6.92 Å². The summed E-state index contributed by atoms with van der Waals surface area (Å²) in [4.78, 5) is 16.1. The Bertz CT molecular complexity index is 858. The summed E-state index contributed by atoms with van der Waals surface area (Å²) in [5.41, 5.74) is 2.10. The van der Waals surface area contributed by atoms with E-state index in [-0.39, 0.29) is 12.2 Å². The number of aromatic nitrogens is 2. The number of hydrogen-bond acceptors (Lipinski definition) is 7. The van der Waals surface area contributed by atoms with Crippen LogP contribution in [0.5, 0.6) is 0 Å². The lowest BCUT2D eigenvalue weighted by atomic mass is 10.1. The van der Waals surface area contributed by atoms with Gasteiger partial charge in [0.15, 0.2) is 5.69 Å². The molecule has 2 aliphatic rings. The summed E-state index contributed by atoms with van der Waals surface area (Å²) in [7, 11) is 0. The fraction of sp³-hybridized carbons (Fsp3) is 0.571. The largest absolute Gasteiger partial charge is 0.370 e. The molecule has 0 amide bonds. The van der Waals surface area contributed by atoms with Crippen LogP contribution in [0.4, 0.5) is 5.69 Å². The van der Waals surface area contributed by atoms with Crippen molar-refractivity contribution in [3.8, 4) is 6.07 Å². The van der Waals surface area contributed by atoms with Crippen molar-refractivity contribution in [2.24, 2.45) is 0 Å². The highest BCUT2D eigenvalue weighted by molar-refractivity contribution is 5.93. The third-order valence-corrected chi connectivity index (χ3v) is 5.77. The SMILES string of the molecule is CCN1CCN(C[C@H]2CN(c3cnc(C#N)c4ncccc34)CC(C)O2)CC1. The summed E-state index contributed by atoms with van der Waals surface area (Å²) >= 11 is 0. The number of rotatable bonds is 4. The van der Waals surface area contributed by atoms with E-state index in [1.165, 1.54) is 0 Å². The Balaban J connectivity index is 1.51. The van der Waals surface area contributed by atoms with E-state index in [0.29, 0.717) is 11.2 Å². The van der Waals surface area contributed by atoms with Crippen LogP contribution in [0, 0.1) is 11.3 Å². The van der Waals surface area contributed by atoms with Crippen molar-refractivity contribution in [1.82, 2.24) is 19.8 Å². The van der Waals surface area contributed by atoms with Gasteiger partial charge in [-0.2, -0.15) is 5.26 Å². The molecule has 2 aromatic rings. The van der Waals surface area contributed by atoms with E-state index >= 15 is 0 Å². The number of hydrogen-bond donors (Lipinski definition) is 0. The second kappa shape index (κ2) is 8.39. The molecular weight excluding hydrogens is 352 g/mol. The maximum atomic E-state index is 9.34.